The number of carbonyl (C=O) groups excluding carboxylic acids is 3. The molecule has 264 valence electrons. The zero-order valence-electron chi connectivity index (χ0n) is 28.9. The maximum atomic E-state index is 15.9. The molecule has 12 heteroatoms. The van der Waals surface area contributed by atoms with Gasteiger partial charge in [0, 0.05) is 77.9 Å². The van der Waals surface area contributed by atoms with Crippen molar-refractivity contribution in [2.24, 2.45) is 5.41 Å². The lowest BCUT2D eigenvalue weighted by Gasteiger charge is -2.53. The fourth-order valence-corrected chi connectivity index (χ4v) is 8.43. The van der Waals surface area contributed by atoms with Gasteiger partial charge in [-0.3, -0.25) is 14.4 Å². The molecule has 2 aromatic carbocycles. The molecular formula is C40H37FN6O4S. The highest BCUT2D eigenvalue weighted by atomic mass is 32.1. The van der Waals surface area contributed by atoms with Crippen molar-refractivity contribution in [1.29, 1.82) is 0 Å². The fourth-order valence-electron chi connectivity index (χ4n) is 7.27. The number of halogens is 1. The zero-order valence-corrected chi connectivity index (χ0v) is 29.7. The van der Waals surface area contributed by atoms with Gasteiger partial charge < -0.3 is 25.2 Å². The van der Waals surface area contributed by atoms with Gasteiger partial charge >= 0.3 is 0 Å². The molecule has 2 fully saturated rings. The van der Waals surface area contributed by atoms with Gasteiger partial charge in [-0.25, -0.2) is 14.4 Å². The van der Waals surface area contributed by atoms with Crippen LogP contribution in [-0.2, 0) is 11.2 Å². The molecule has 3 amide bonds. The molecule has 3 aliphatic heterocycles. The van der Waals surface area contributed by atoms with E-state index in [1.807, 2.05) is 50.2 Å². The highest BCUT2D eigenvalue weighted by molar-refractivity contribution is 7.17. The van der Waals surface area contributed by atoms with E-state index in [2.05, 4.69) is 25.5 Å². The van der Waals surface area contributed by atoms with Gasteiger partial charge in [-0.2, -0.15) is 0 Å². The summed E-state index contributed by atoms with van der Waals surface area (Å²) in [6.45, 7) is 7.27. The van der Waals surface area contributed by atoms with Crippen LogP contribution in [0.25, 0.3) is 10.4 Å². The van der Waals surface area contributed by atoms with Crippen molar-refractivity contribution in [1.82, 2.24) is 9.97 Å². The van der Waals surface area contributed by atoms with Crippen LogP contribution in [0.5, 0.6) is 0 Å². The van der Waals surface area contributed by atoms with Crippen molar-refractivity contribution in [3.8, 4) is 10.4 Å². The van der Waals surface area contributed by atoms with Crippen molar-refractivity contribution >= 4 is 52.1 Å². The van der Waals surface area contributed by atoms with Crippen molar-refractivity contribution in [2.45, 2.75) is 33.1 Å². The summed E-state index contributed by atoms with van der Waals surface area (Å²) in [5, 5.41) is 5.69. The Labute approximate surface area is 304 Å². The molecule has 2 N–H and O–H groups in total. The largest absolute Gasteiger partial charge is 0.381 e. The Bertz CT molecular complexity index is 2190. The van der Waals surface area contributed by atoms with Crippen molar-refractivity contribution < 1.29 is 23.5 Å². The Balaban J connectivity index is 0.984. The number of rotatable bonds is 6. The van der Waals surface area contributed by atoms with Crippen LogP contribution in [0.4, 0.5) is 27.4 Å². The highest BCUT2D eigenvalue weighted by Gasteiger charge is 2.45. The molecule has 1 spiro atoms. The molecule has 3 aliphatic rings. The Morgan fingerprint density at radius 1 is 0.885 bits per heavy atom. The van der Waals surface area contributed by atoms with Gasteiger partial charge in [0.05, 0.1) is 11.3 Å². The average Bonchev–Trinajstić information content (AvgIpc) is 3.38. The normalized spacial score (nSPS) is 16.0. The molecule has 2 saturated heterocycles. The Morgan fingerprint density at radius 2 is 1.63 bits per heavy atom. The van der Waals surface area contributed by atoms with Crippen LogP contribution < -0.4 is 20.4 Å². The lowest BCUT2D eigenvalue weighted by Crippen LogP contribution is -2.59. The van der Waals surface area contributed by atoms with Crippen LogP contribution in [-0.4, -0.2) is 60.5 Å². The molecule has 6 heterocycles. The number of hydrogen-bond acceptors (Lipinski definition) is 8. The van der Waals surface area contributed by atoms with Gasteiger partial charge in [0.1, 0.15) is 16.5 Å². The molecule has 8 rings (SSSR count). The van der Waals surface area contributed by atoms with Crippen LogP contribution in [0, 0.1) is 25.1 Å². The van der Waals surface area contributed by atoms with Crippen molar-refractivity contribution in [3.63, 3.8) is 0 Å². The number of fused-ring (bicyclic) bond motifs is 3. The molecule has 52 heavy (non-hydrogen) atoms. The Morgan fingerprint density at radius 3 is 2.38 bits per heavy atom. The van der Waals surface area contributed by atoms with Crippen molar-refractivity contribution in [3.05, 3.63) is 118 Å². The van der Waals surface area contributed by atoms with Gasteiger partial charge in [0.15, 0.2) is 5.82 Å². The third kappa shape index (κ3) is 6.33. The minimum Gasteiger partial charge on any atom is -0.381 e. The quantitative estimate of drug-likeness (QED) is 0.190. The molecule has 0 atom stereocenters. The second-order valence-electron chi connectivity index (χ2n) is 13.8. The van der Waals surface area contributed by atoms with Crippen LogP contribution in [0.15, 0.2) is 79.1 Å². The predicted molar refractivity (Wildman–Crippen MR) is 200 cm³/mol. The van der Waals surface area contributed by atoms with Crippen LogP contribution in [0.2, 0.25) is 0 Å². The standard InChI is InChI=1S/C40H37FN6O4S/c1-24-7-12-32(42-20-24)45-38(49)35-33(41)29-13-16-47(31-6-4-3-5-28(31)34(29)52-35)39(50)26-8-10-27(11-9-26)44-37(48)30-19-25(2)21-43-36(30)46-22-40(23-46)14-17-51-18-15-40/h3-12,19-21H,13-18,22-23H2,1-2H3,(H,44,48)(H,42,45,49). The summed E-state index contributed by atoms with van der Waals surface area (Å²) in [5.41, 5.74) is 5.25. The second-order valence-corrected chi connectivity index (χ2v) is 14.9. The number of thiophene rings is 1. The minimum atomic E-state index is -0.585. The number of nitrogens with one attached hydrogen (secondary N) is 2. The Hall–Kier alpha value is -5.46. The number of benzene rings is 2. The molecule has 5 aromatic rings. The lowest BCUT2D eigenvalue weighted by molar-refractivity contribution is -0.000511. The topological polar surface area (TPSA) is 117 Å². The monoisotopic (exact) mass is 716 g/mol. The van der Waals surface area contributed by atoms with Gasteiger partial charge in [0.2, 0.25) is 0 Å². The number of carbonyl (C=O) groups is 3. The first-order chi connectivity index (χ1) is 25.2. The molecule has 3 aromatic heterocycles. The molecule has 0 saturated carbocycles. The summed E-state index contributed by atoms with van der Waals surface area (Å²) >= 11 is 1.07. The third-order valence-corrected chi connectivity index (χ3v) is 11.4. The first-order valence-electron chi connectivity index (χ1n) is 17.4. The first kappa shape index (κ1) is 33.7. The average molecular weight is 717 g/mol. The van der Waals surface area contributed by atoms with Crippen LogP contribution >= 0.6 is 11.3 Å². The van der Waals surface area contributed by atoms with Crippen molar-refractivity contribution in [2.75, 3.05) is 53.3 Å². The van der Waals surface area contributed by atoms with Crippen LogP contribution in [0.3, 0.4) is 0 Å². The number of hydrogen-bond donors (Lipinski definition) is 2. The minimum absolute atomic E-state index is 0.0266. The van der Waals surface area contributed by atoms with E-state index >= 15 is 4.39 Å². The molecule has 0 bridgehead atoms. The summed E-state index contributed by atoms with van der Waals surface area (Å²) in [6.07, 6.45) is 5.68. The number of aromatic nitrogens is 2. The van der Waals surface area contributed by atoms with Crippen LogP contribution in [0.1, 0.15) is 59.9 Å². The third-order valence-electron chi connectivity index (χ3n) is 10.1. The maximum Gasteiger partial charge on any atom is 0.269 e. The molecule has 0 radical (unpaired) electrons. The zero-order chi connectivity index (χ0) is 36.0. The second kappa shape index (κ2) is 13.6. The number of amides is 3. The molecule has 10 nitrogen and oxygen atoms in total. The lowest BCUT2D eigenvalue weighted by atomic mass is 9.73. The summed E-state index contributed by atoms with van der Waals surface area (Å²) in [6, 6.07) is 19.5. The van der Waals surface area contributed by atoms with E-state index in [0.717, 1.165) is 61.6 Å². The molecule has 0 aliphatic carbocycles. The Kier molecular flexibility index (Phi) is 8.80. The van der Waals surface area contributed by atoms with E-state index in [-0.39, 0.29) is 35.1 Å². The van der Waals surface area contributed by atoms with Gasteiger partial charge in [0.25, 0.3) is 17.7 Å². The van der Waals surface area contributed by atoms with E-state index < -0.39 is 11.7 Å². The van der Waals surface area contributed by atoms with E-state index in [4.69, 9.17) is 4.74 Å². The number of aryl methyl sites for hydroxylation is 2. The van der Waals surface area contributed by atoms with E-state index in [0.29, 0.717) is 50.1 Å². The molecule has 0 unspecified atom stereocenters. The molecular weight excluding hydrogens is 680 g/mol. The first-order valence-corrected chi connectivity index (χ1v) is 18.2. The highest BCUT2D eigenvalue weighted by Crippen LogP contribution is 2.44. The van der Waals surface area contributed by atoms with Gasteiger partial charge in [-0.1, -0.05) is 24.3 Å². The smallest absolute Gasteiger partial charge is 0.269 e. The number of pyridine rings is 2. The SMILES string of the molecule is Cc1ccc(NC(=O)c2sc3c(c2F)CCN(C(=O)c2ccc(NC(=O)c4cc(C)cnc4N4CC5(CCOCC5)C4)cc2)c2ccccc2-3)nc1. The summed E-state index contributed by atoms with van der Waals surface area (Å²) in [4.78, 5) is 54.0. The fraction of sp³-hybridized carbons (Fsp3) is 0.275. The maximum absolute atomic E-state index is 15.9. The number of para-hydroxylation sites is 1. The number of nitrogens with zero attached hydrogens (tertiary/aromatic N) is 4. The van der Waals surface area contributed by atoms with E-state index in [9.17, 15) is 14.4 Å². The van der Waals surface area contributed by atoms with E-state index in [1.165, 1.54) is 0 Å². The number of anilines is 4. The number of ether oxygens (including phenoxy) is 1. The van der Waals surface area contributed by atoms with Gasteiger partial charge in [-0.15, -0.1) is 11.3 Å². The van der Waals surface area contributed by atoms with E-state index in [1.54, 1.807) is 47.6 Å². The summed E-state index contributed by atoms with van der Waals surface area (Å²) in [5.74, 6) is -0.659. The summed E-state index contributed by atoms with van der Waals surface area (Å²) < 4.78 is 21.5. The summed E-state index contributed by atoms with van der Waals surface area (Å²) in [7, 11) is 0. The van der Waals surface area contributed by atoms with Gasteiger partial charge in [-0.05, 0) is 86.7 Å². The predicted octanol–water partition coefficient (Wildman–Crippen LogP) is 7.29.